The minimum Gasteiger partial charge on any atom is -0.352 e. The number of nitrogens with zero attached hydrogens (tertiary/aromatic N) is 3. The van der Waals surface area contributed by atoms with Gasteiger partial charge in [0.1, 0.15) is 0 Å². The lowest BCUT2D eigenvalue weighted by Gasteiger charge is -2.17. The van der Waals surface area contributed by atoms with Crippen LogP contribution in [0.1, 0.15) is 34.0 Å². The first-order valence-electron chi connectivity index (χ1n) is 9.83. The zero-order valence-electron chi connectivity index (χ0n) is 16.4. The SMILES string of the molecule is Cn1ncc(C(=O)NCCc2ccccc2)c1C1CC(=O)N(c2ccccc2)C1. The van der Waals surface area contributed by atoms with Crippen molar-refractivity contribution in [3.63, 3.8) is 0 Å². The average molecular weight is 388 g/mol. The molecule has 0 saturated carbocycles. The maximum Gasteiger partial charge on any atom is 0.254 e. The smallest absolute Gasteiger partial charge is 0.254 e. The quantitative estimate of drug-likeness (QED) is 0.706. The molecular weight excluding hydrogens is 364 g/mol. The van der Waals surface area contributed by atoms with E-state index in [0.29, 0.717) is 25.1 Å². The number of carbonyl (C=O) groups excluding carboxylic acids is 2. The molecule has 1 atom stereocenters. The molecule has 1 fully saturated rings. The van der Waals surface area contributed by atoms with Gasteiger partial charge < -0.3 is 10.2 Å². The maximum atomic E-state index is 12.8. The summed E-state index contributed by atoms with van der Waals surface area (Å²) in [4.78, 5) is 27.2. The van der Waals surface area contributed by atoms with Crippen LogP contribution in [0, 0.1) is 0 Å². The average Bonchev–Trinajstić information content (AvgIpc) is 3.31. The number of para-hydroxylation sites is 1. The fourth-order valence-electron chi connectivity index (χ4n) is 3.91. The third kappa shape index (κ3) is 4.06. The van der Waals surface area contributed by atoms with E-state index >= 15 is 0 Å². The van der Waals surface area contributed by atoms with Crippen molar-refractivity contribution in [1.29, 1.82) is 0 Å². The zero-order valence-corrected chi connectivity index (χ0v) is 16.4. The largest absolute Gasteiger partial charge is 0.352 e. The molecule has 1 saturated heterocycles. The molecule has 6 heteroatoms. The van der Waals surface area contributed by atoms with E-state index in [0.717, 1.165) is 17.8 Å². The van der Waals surface area contributed by atoms with Crippen molar-refractivity contribution in [2.24, 2.45) is 7.05 Å². The Labute approximate surface area is 170 Å². The second-order valence-corrected chi connectivity index (χ2v) is 7.30. The lowest BCUT2D eigenvalue weighted by molar-refractivity contribution is -0.117. The zero-order chi connectivity index (χ0) is 20.2. The first kappa shape index (κ1) is 18.9. The van der Waals surface area contributed by atoms with Crippen LogP contribution in [0.25, 0.3) is 0 Å². The van der Waals surface area contributed by atoms with Gasteiger partial charge in [-0.1, -0.05) is 48.5 Å². The van der Waals surface area contributed by atoms with Crippen molar-refractivity contribution in [1.82, 2.24) is 15.1 Å². The van der Waals surface area contributed by atoms with Crippen LogP contribution < -0.4 is 10.2 Å². The highest BCUT2D eigenvalue weighted by atomic mass is 16.2. The molecule has 3 aromatic rings. The molecule has 1 N–H and O–H groups in total. The summed E-state index contributed by atoms with van der Waals surface area (Å²) < 4.78 is 1.72. The van der Waals surface area contributed by atoms with Gasteiger partial charge >= 0.3 is 0 Å². The molecule has 1 aromatic heterocycles. The Morgan fingerprint density at radius 1 is 1.10 bits per heavy atom. The summed E-state index contributed by atoms with van der Waals surface area (Å²) in [6.45, 7) is 1.10. The molecular formula is C23H24N4O2. The third-order valence-corrected chi connectivity index (χ3v) is 5.35. The second-order valence-electron chi connectivity index (χ2n) is 7.30. The Balaban J connectivity index is 1.46. The molecule has 1 aliphatic heterocycles. The van der Waals surface area contributed by atoms with Gasteiger partial charge in [0.2, 0.25) is 5.91 Å². The standard InChI is InChI=1S/C23H24N4O2/c1-26-22(18-14-21(28)27(16-18)19-10-6-3-7-11-19)20(15-25-26)23(29)24-13-12-17-8-4-2-5-9-17/h2-11,15,18H,12-14,16H2,1H3,(H,24,29). The fraction of sp³-hybridized carbons (Fsp3) is 0.261. The number of rotatable bonds is 6. The van der Waals surface area contributed by atoms with Crippen molar-refractivity contribution in [2.75, 3.05) is 18.0 Å². The van der Waals surface area contributed by atoms with E-state index < -0.39 is 0 Å². The number of hydrogen-bond acceptors (Lipinski definition) is 3. The number of aromatic nitrogens is 2. The van der Waals surface area contributed by atoms with Crippen LogP contribution in [0.15, 0.2) is 66.9 Å². The van der Waals surface area contributed by atoms with Gasteiger partial charge in [0.15, 0.2) is 0 Å². The number of benzene rings is 2. The Morgan fingerprint density at radius 3 is 2.52 bits per heavy atom. The molecule has 1 unspecified atom stereocenters. The van der Waals surface area contributed by atoms with E-state index in [-0.39, 0.29) is 17.7 Å². The van der Waals surface area contributed by atoms with Gasteiger partial charge in [0, 0.05) is 38.2 Å². The Kier molecular flexibility index (Phi) is 5.42. The number of anilines is 1. The van der Waals surface area contributed by atoms with Crippen LogP contribution >= 0.6 is 0 Å². The summed E-state index contributed by atoms with van der Waals surface area (Å²) in [5.41, 5.74) is 3.43. The molecule has 4 rings (SSSR count). The third-order valence-electron chi connectivity index (χ3n) is 5.35. The minimum atomic E-state index is -0.144. The number of hydrogen-bond donors (Lipinski definition) is 1. The van der Waals surface area contributed by atoms with E-state index in [1.807, 2.05) is 67.7 Å². The van der Waals surface area contributed by atoms with Crippen LogP contribution in [0.3, 0.4) is 0 Å². The summed E-state index contributed by atoms with van der Waals surface area (Å²) >= 11 is 0. The summed E-state index contributed by atoms with van der Waals surface area (Å²) in [5.74, 6) is -0.141. The van der Waals surface area contributed by atoms with Crippen LogP contribution in [-0.4, -0.2) is 34.7 Å². The van der Waals surface area contributed by atoms with Crippen LogP contribution in [-0.2, 0) is 18.3 Å². The first-order chi connectivity index (χ1) is 14.1. The van der Waals surface area contributed by atoms with Crippen molar-refractivity contribution < 1.29 is 9.59 Å². The molecule has 29 heavy (non-hydrogen) atoms. The van der Waals surface area contributed by atoms with Crippen LogP contribution in [0.4, 0.5) is 5.69 Å². The maximum absolute atomic E-state index is 12.8. The molecule has 2 aromatic carbocycles. The molecule has 6 nitrogen and oxygen atoms in total. The molecule has 2 heterocycles. The van der Waals surface area contributed by atoms with Gasteiger partial charge in [-0.05, 0) is 24.1 Å². The van der Waals surface area contributed by atoms with E-state index in [1.165, 1.54) is 5.56 Å². The molecule has 0 bridgehead atoms. The molecule has 1 aliphatic rings. The van der Waals surface area contributed by atoms with E-state index in [1.54, 1.807) is 15.8 Å². The topological polar surface area (TPSA) is 67.2 Å². The summed E-state index contributed by atoms with van der Waals surface area (Å²) in [5, 5.41) is 7.29. The Bertz CT molecular complexity index is 998. The number of carbonyl (C=O) groups is 2. The highest BCUT2D eigenvalue weighted by Gasteiger charge is 2.35. The fourth-order valence-corrected chi connectivity index (χ4v) is 3.91. The van der Waals surface area contributed by atoms with Gasteiger partial charge in [-0.15, -0.1) is 0 Å². The number of amides is 2. The number of nitrogens with one attached hydrogen (secondary N) is 1. The Morgan fingerprint density at radius 2 is 1.79 bits per heavy atom. The van der Waals surface area contributed by atoms with E-state index in [9.17, 15) is 9.59 Å². The molecule has 0 radical (unpaired) electrons. The molecule has 0 spiro atoms. The van der Waals surface area contributed by atoms with Crippen molar-refractivity contribution >= 4 is 17.5 Å². The lowest BCUT2D eigenvalue weighted by Crippen LogP contribution is -2.27. The minimum absolute atomic E-state index is 0.0647. The van der Waals surface area contributed by atoms with Crippen LogP contribution in [0.2, 0.25) is 0 Å². The van der Waals surface area contributed by atoms with Crippen molar-refractivity contribution in [3.8, 4) is 0 Å². The van der Waals surface area contributed by atoms with Crippen molar-refractivity contribution in [3.05, 3.63) is 83.7 Å². The van der Waals surface area contributed by atoms with E-state index in [2.05, 4.69) is 10.4 Å². The molecule has 2 amide bonds. The molecule has 0 aliphatic carbocycles. The summed E-state index contributed by atoms with van der Waals surface area (Å²) in [6, 6.07) is 19.7. The highest BCUT2D eigenvalue weighted by molar-refractivity contribution is 5.98. The van der Waals surface area contributed by atoms with Crippen LogP contribution in [0.5, 0.6) is 0 Å². The van der Waals surface area contributed by atoms with Gasteiger partial charge in [-0.3, -0.25) is 14.3 Å². The monoisotopic (exact) mass is 388 g/mol. The summed E-state index contributed by atoms with van der Waals surface area (Å²) in [7, 11) is 1.83. The van der Waals surface area contributed by atoms with Gasteiger partial charge in [0.05, 0.1) is 17.5 Å². The Hall–Kier alpha value is -3.41. The highest BCUT2D eigenvalue weighted by Crippen LogP contribution is 2.33. The predicted molar refractivity (Wildman–Crippen MR) is 112 cm³/mol. The first-order valence-corrected chi connectivity index (χ1v) is 9.83. The van der Waals surface area contributed by atoms with E-state index in [4.69, 9.17) is 0 Å². The predicted octanol–water partition coefficient (Wildman–Crippen LogP) is 2.91. The second kappa shape index (κ2) is 8.31. The molecule has 148 valence electrons. The normalized spacial score (nSPS) is 16.2. The number of aryl methyl sites for hydroxylation is 1. The van der Waals surface area contributed by atoms with Gasteiger partial charge in [0.25, 0.3) is 5.91 Å². The lowest BCUT2D eigenvalue weighted by atomic mass is 10.00. The van der Waals surface area contributed by atoms with Gasteiger partial charge in [-0.25, -0.2) is 0 Å². The summed E-state index contributed by atoms with van der Waals surface area (Å²) in [6.07, 6.45) is 2.74. The van der Waals surface area contributed by atoms with Gasteiger partial charge in [-0.2, -0.15) is 5.10 Å². The van der Waals surface area contributed by atoms with Crippen molar-refractivity contribution in [2.45, 2.75) is 18.8 Å².